The van der Waals surface area contributed by atoms with Crippen LogP contribution in [0.25, 0.3) is 0 Å². The summed E-state index contributed by atoms with van der Waals surface area (Å²) in [6.45, 7) is -0.435. The Labute approximate surface area is 98.9 Å². The second-order valence-corrected chi connectivity index (χ2v) is 4.93. The molecule has 1 rings (SSSR count). The van der Waals surface area contributed by atoms with Gasteiger partial charge in [0.1, 0.15) is 0 Å². The van der Waals surface area contributed by atoms with Gasteiger partial charge in [-0.15, -0.1) is 11.8 Å². The number of hydrogen-bond acceptors (Lipinski definition) is 5. The van der Waals surface area contributed by atoms with Crippen molar-refractivity contribution in [2.24, 2.45) is 0 Å². The van der Waals surface area contributed by atoms with Gasteiger partial charge in [0, 0.05) is 0 Å². The van der Waals surface area contributed by atoms with E-state index in [9.17, 15) is 9.59 Å². The number of rotatable bonds is 4. The minimum absolute atomic E-state index is 0.104. The van der Waals surface area contributed by atoms with Crippen LogP contribution in [0.2, 0.25) is 0 Å². The molecule has 5 nitrogen and oxygen atoms in total. The van der Waals surface area contributed by atoms with Crippen molar-refractivity contribution < 1.29 is 19.4 Å². The van der Waals surface area contributed by atoms with Crippen LogP contribution in [0, 0.1) is 0 Å². The molecule has 1 amide bonds. The second-order valence-electron chi connectivity index (χ2n) is 3.62. The van der Waals surface area contributed by atoms with Gasteiger partial charge in [0.2, 0.25) is 5.91 Å². The number of hydrogen-bond donors (Lipinski definition) is 2. The predicted octanol–water partition coefficient (Wildman–Crippen LogP) is -0.0778. The maximum absolute atomic E-state index is 11.7. The summed E-state index contributed by atoms with van der Waals surface area (Å²) < 4.78 is 4.47. The molecule has 2 N–H and O–H groups in total. The van der Waals surface area contributed by atoms with Crippen molar-refractivity contribution in [2.45, 2.75) is 30.6 Å². The molecular formula is C10H17NO4S. The van der Waals surface area contributed by atoms with E-state index >= 15 is 0 Å². The molecule has 2 unspecified atom stereocenters. The molecule has 2 atom stereocenters. The lowest BCUT2D eigenvalue weighted by atomic mass is 10.1. The Morgan fingerprint density at radius 1 is 1.56 bits per heavy atom. The average molecular weight is 247 g/mol. The van der Waals surface area contributed by atoms with Gasteiger partial charge >= 0.3 is 5.97 Å². The quantitative estimate of drug-likeness (QED) is 0.680. The van der Waals surface area contributed by atoms with Crippen LogP contribution in [0.5, 0.6) is 0 Å². The molecule has 1 fully saturated rings. The van der Waals surface area contributed by atoms with Crippen molar-refractivity contribution in [2.75, 3.05) is 19.5 Å². The summed E-state index contributed by atoms with van der Waals surface area (Å²) in [6, 6.07) is -0.944. The zero-order chi connectivity index (χ0) is 12.0. The number of esters is 1. The van der Waals surface area contributed by atoms with E-state index < -0.39 is 18.6 Å². The van der Waals surface area contributed by atoms with Crippen molar-refractivity contribution in [3.8, 4) is 0 Å². The van der Waals surface area contributed by atoms with Gasteiger partial charge in [0.25, 0.3) is 0 Å². The van der Waals surface area contributed by atoms with Gasteiger partial charge in [0.05, 0.1) is 19.0 Å². The van der Waals surface area contributed by atoms with Gasteiger partial charge in [0.15, 0.2) is 6.04 Å². The lowest BCUT2D eigenvalue weighted by Gasteiger charge is -2.22. The van der Waals surface area contributed by atoms with E-state index in [0.29, 0.717) is 0 Å². The van der Waals surface area contributed by atoms with Gasteiger partial charge in [-0.05, 0) is 18.6 Å². The Morgan fingerprint density at radius 3 is 2.81 bits per heavy atom. The van der Waals surface area contributed by atoms with Crippen LogP contribution in [0.1, 0.15) is 19.3 Å². The molecule has 0 radical (unpaired) electrons. The lowest BCUT2D eigenvalue weighted by molar-refractivity contribution is -0.146. The molecule has 0 bridgehead atoms. The van der Waals surface area contributed by atoms with E-state index in [1.165, 1.54) is 7.11 Å². The highest BCUT2D eigenvalue weighted by atomic mass is 32.2. The molecule has 1 heterocycles. The molecule has 1 aliphatic rings. The highest BCUT2D eigenvalue weighted by Crippen LogP contribution is 2.25. The van der Waals surface area contributed by atoms with E-state index in [4.69, 9.17) is 5.11 Å². The molecular weight excluding hydrogens is 230 g/mol. The van der Waals surface area contributed by atoms with Gasteiger partial charge in [-0.3, -0.25) is 4.79 Å². The van der Waals surface area contributed by atoms with Crippen molar-refractivity contribution in [1.29, 1.82) is 0 Å². The fourth-order valence-corrected chi connectivity index (χ4v) is 2.74. The third-order valence-corrected chi connectivity index (χ3v) is 3.83. The monoisotopic (exact) mass is 247 g/mol. The SMILES string of the molecule is COC(=O)C(CO)NC(=O)C1CCCCS1. The molecule has 0 spiro atoms. The number of aliphatic hydroxyl groups excluding tert-OH is 1. The Balaban J connectivity index is 2.44. The Hall–Kier alpha value is -0.750. The van der Waals surface area contributed by atoms with Crippen LogP contribution >= 0.6 is 11.8 Å². The van der Waals surface area contributed by atoms with Crippen LogP contribution in [-0.2, 0) is 14.3 Å². The molecule has 0 saturated carbocycles. The first kappa shape index (κ1) is 13.3. The smallest absolute Gasteiger partial charge is 0.330 e. The zero-order valence-electron chi connectivity index (χ0n) is 9.27. The van der Waals surface area contributed by atoms with Gasteiger partial charge in [-0.25, -0.2) is 4.79 Å². The topological polar surface area (TPSA) is 75.6 Å². The van der Waals surface area contributed by atoms with Crippen LogP contribution in [0.15, 0.2) is 0 Å². The first-order valence-electron chi connectivity index (χ1n) is 5.29. The van der Waals surface area contributed by atoms with E-state index in [0.717, 1.165) is 25.0 Å². The standard InChI is InChI=1S/C10H17NO4S/c1-15-10(14)7(6-12)11-9(13)8-4-2-3-5-16-8/h7-8,12H,2-6H2,1H3,(H,11,13). The lowest BCUT2D eigenvalue weighted by Crippen LogP contribution is -2.47. The number of thioether (sulfide) groups is 1. The van der Waals surface area contributed by atoms with Crippen LogP contribution in [0.4, 0.5) is 0 Å². The third kappa shape index (κ3) is 3.68. The first-order valence-corrected chi connectivity index (χ1v) is 6.34. The molecule has 1 saturated heterocycles. The van der Waals surface area contributed by atoms with Crippen LogP contribution in [0.3, 0.4) is 0 Å². The van der Waals surface area contributed by atoms with E-state index in [-0.39, 0.29) is 11.2 Å². The van der Waals surface area contributed by atoms with E-state index in [1.807, 2.05) is 0 Å². The molecule has 6 heteroatoms. The Bertz CT molecular complexity index is 253. The third-order valence-electron chi connectivity index (χ3n) is 2.46. The van der Waals surface area contributed by atoms with E-state index in [2.05, 4.69) is 10.1 Å². The number of amides is 1. The summed E-state index contributed by atoms with van der Waals surface area (Å²) in [6.07, 6.45) is 3.00. The van der Waals surface area contributed by atoms with Gasteiger partial charge < -0.3 is 15.2 Å². The minimum Gasteiger partial charge on any atom is -0.467 e. The first-order chi connectivity index (χ1) is 7.69. The zero-order valence-corrected chi connectivity index (χ0v) is 10.1. The fourth-order valence-electron chi connectivity index (χ4n) is 1.53. The summed E-state index contributed by atoms with van der Waals surface area (Å²) in [5.41, 5.74) is 0. The summed E-state index contributed by atoms with van der Waals surface area (Å²) in [5.74, 6) is 0.172. The predicted molar refractivity (Wildman–Crippen MR) is 61.1 cm³/mol. The summed E-state index contributed by atoms with van der Waals surface area (Å²) in [5, 5.41) is 11.4. The molecule has 1 aliphatic heterocycles. The molecule has 0 aromatic carbocycles. The number of methoxy groups -OCH3 is 1. The molecule has 0 aromatic rings. The number of ether oxygens (including phenoxy) is 1. The Morgan fingerprint density at radius 2 is 2.31 bits per heavy atom. The van der Waals surface area contributed by atoms with E-state index in [1.54, 1.807) is 11.8 Å². The van der Waals surface area contributed by atoms with Crippen LogP contribution in [-0.4, -0.2) is 47.7 Å². The molecule has 0 aliphatic carbocycles. The van der Waals surface area contributed by atoms with Gasteiger partial charge in [-0.1, -0.05) is 6.42 Å². The molecule has 92 valence electrons. The number of carbonyl (C=O) groups is 2. The van der Waals surface area contributed by atoms with Crippen LogP contribution < -0.4 is 5.32 Å². The van der Waals surface area contributed by atoms with Crippen molar-refractivity contribution in [1.82, 2.24) is 5.32 Å². The van der Waals surface area contributed by atoms with Crippen molar-refractivity contribution in [3.63, 3.8) is 0 Å². The number of aliphatic hydroxyl groups is 1. The maximum atomic E-state index is 11.7. The van der Waals surface area contributed by atoms with Gasteiger partial charge in [-0.2, -0.15) is 0 Å². The largest absolute Gasteiger partial charge is 0.467 e. The molecule has 16 heavy (non-hydrogen) atoms. The maximum Gasteiger partial charge on any atom is 0.330 e. The van der Waals surface area contributed by atoms with Crippen molar-refractivity contribution >= 4 is 23.6 Å². The molecule has 0 aromatic heterocycles. The number of carbonyl (C=O) groups excluding carboxylic acids is 2. The van der Waals surface area contributed by atoms with Crippen molar-refractivity contribution in [3.05, 3.63) is 0 Å². The Kier molecular flexibility index (Phi) is 5.62. The highest BCUT2D eigenvalue weighted by molar-refractivity contribution is 8.00. The summed E-state index contributed by atoms with van der Waals surface area (Å²) in [4.78, 5) is 22.9. The average Bonchev–Trinajstić information content (AvgIpc) is 2.35. The normalized spacial score (nSPS) is 22.2. The highest BCUT2D eigenvalue weighted by Gasteiger charge is 2.26. The fraction of sp³-hybridized carbons (Fsp3) is 0.800. The summed E-state index contributed by atoms with van der Waals surface area (Å²) in [7, 11) is 1.23. The number of nitrogens with one attached hydrogen (secondary N) is 1. The second kappa shape index (κ2) is 6.75. The minimum atomic E-state index is -0.944. The summed E-state index contributed by atoms with van der Waals surface area (Å²) >= 11 is 1.60.